The third-order valence-corrected chi connectivity index (χ3v) is 5.71. The summed E-state index contributed by atoms with van der Waals surface area (Å²) in [6, 6.07) is 11.7. The van der Waals surface area contributed by atoms with E-state index in [-0.39, 0.29) is 29.8 Å². The number of halogens is 2. The molecule has 0 N–H and O–H groups in total. The number of rotatable bonds is 7. The molecule has 0 aliphatic carbocycles. The molecule has 1 fully saturated rings. The third-order valence-electron chi connectivity index (χ3n) is 5.71. The summed E-state index contributed by atoms with van der Waals surface area (Å²) < 4.78 is 31.2. The summed E-state index contributed by atoms with van der Waals surface area (Å²) in [6.07, 6.45) is 2.57. The number of hydrogen-bond acceptors (Lipinski definition) is 4. The molecule has 0 unspecified atom stereocenters. The van der Waals surface area contributed by atoms with E-state index in [1.54, 1.807) is 24.3 Å². The minimum Gasteiger partial charge on any atom is -0.462 e. The van der Waals surface area contributed by atoms with Crippen LogP contribution < -0.4 is 0 Å². The van der Waals surface area contributed by atoms with Gasteiger partial charge < -0.3 is 9.64 Å². The standard InChI is InChI=1S/C24H25F2NO4/c1-31-24(30)23(29)27-15-3-5-21(27)22(28)6-2-4-20(16-7-11-18(25)12-8-16)17-9-13-19(26)14-10-17/h7-14,20-21H,2-6,15H2,1H3/t21-/m0/s1. The second kappa shape index (κ2) is 10.3. The highest BCUT2D eigenvalue weighted by Gasteiger charge is 2.36. The van der Waals surface area contributed by atoms with Crippen molar-refractivity contribution in [3.8, 4) is 0 Å². The summed E-state index contributed by atoms with van der Waals surface area (Å²) in [5.41, 5.74) is 1.76. The fraction of sp³-hybridized carbons (Fsp3) is 0.375. The van der Waals surface area contributed by atoms with Gasteiger partial charge in [0.15, 0.2) is 5.78 Å². The van der Waals surface area contributed by atoms with Gasteiger partial charge in [-0.05, 0) is 61.1 Å². The molecule has 31 heavy (non-hydrogen) atoms. The number of hydrogen-bond donors (Lipinski definition) is 0. The minimum atomic E-state index is -0.965. The van der Waals surface area contributed by atoms with Gasteiger partial charge >= 0.3 is 11.9 Å². The molecule has 0 spiro atoms. The molecule has 164 valence electrons. The fourth-order valence-corrected chi connectivity index (χ4v) is 4.11. The maximum Gasteiger partial charge on any atom is 0.396 e. The molecule has 0 saturated carbocycles. The molecule has 0 bridgehead atoms. The van der Waals surface area contributed by atoms with Gasteiger partial charge in [-0.15, -0.1) is 0 Å². The van der Waals surface area contributed by atoms with Gasteiger partial charge in [-0.1, -0.05) is 24.3 Å². The molecule has 5 nitrogen and oxygen atoms in total. The van der Waals surface area contributed by atoms with Crippen LogP contribution in [0.2, 0.25) is 0 Å². The molecule has 1 amide bonds. The van der Waals surface area contributed by atoms with Crippen LogP contribution in [0.1, 0.15) is 49.1 Å². The molecule has 1 aliphatic rings. The third kappa shape index (κ3) is 5.54. The summed E-state index contributed by atoms with van der Waals surface area (Å²) in [5, 5.41) is 0. The number of methoxy groups -OCH3 is 1. The molecule has 7 heteroatoms. The number of amides is 1. The Morgan fingerprint density at radius 2 is 1.55 bits per heavy atom. The predicted molar refractivity (Wildman–Crippen MR) is 110 cm³/mol. The zero-order valence-electron chi connectivity index (χ0n) is 17.4. The first kappa shape index (κ1) is 22.6. The first-order chi connectivity index (χ1) is 14.9. The number of likely N-dealkylation sites (tertiary alicyclic amines) is 1. The Labute approximate surface area is 180 Å². The number of benzene rings is 2. The molecule has 2 aromatic carbocycles. The highest BCUT2D eigenvalue weighted by molar-refractivity contribution is 6.32. The Balaban J connectivity index is 1.67. The van der Waals surface area contributed by atoms with Crippen LogP contribution in [0.5, 0.6) is 0 Å². The van der Waals surface area contributed by atoms with E-state index in [2.05, 4.69) is 4.74 Å². The van der Waals surface area contributed by atoms with Gasteiger partial charge in [0, 0.05) is 18.9 Å². The lowest BCUT2D eigenvalue weighted by Crippen LogP contribution is -2.44. The van der Waals surface area contributed by atoms with Crippen LogP contribution in [-0.2, 0) is 19.1 Å². The van der Waals surface area contributed by atoms with Crippen molar-refractivity contribution in [3.05, 3.63) is 71.3 Å². The van der Waals surface area contributed by atoms with Crippen molar-refractivity contribution in [2.45, 2.75) is 44.1 Å². The van der Waals surface area contributed by atoms with Crippen molar-refractivity contribution < 1.29 is 27.9 Å². The fourth-order valence-electron chi connectivity index (χ4n) is 4.11. The second-order valence-electron chi connectivity index (χ2n) is 7.66. The van der Waals surface area contributed by atoms with E-state index in [0.29, 0.717) is 32.2 Å². The SMILES string of the molecule is COC(=O)C(=O)N1CCC[C@H]1C(=O)CCCC(c1ccc(F)cc1)c1ccc(F)cc1. The number of carbonyl (C=O) groups excluding carboxylic acids is 3. The summed E-state index contributed by atoms with van der Waals surface area (Å²) in [7, 11) is 1.14. The first-order valence-corrected chi connectivity index (χ1v) is 10.3. The van der Waals surface area contributed by atoms with Crippen LogP contribution in [0, 0.1) is 11.6 Å². The maximum atomic E-state index is 13.4. The monoisotopic (exact) mass is 429 g/mol. The number of carbonyl (C=O) groups is 3. The van der Waals surface area contributed by atoms with Crippen LogP contribution in [0.4, 0.5) is 8.78 Å². The van der Waals surface area contributed by atoms with Crippen molar-refractivity contribution in [1.82, 2.24) is 4.90 Å². The van der Waals surface area contributed by atoms with Gasteiger partial charge in [-0.25, -0.2) is 13.6 Å². The van der Waals surface area contributed by atoms with E-state index in [0.717, 1.165) is 18.2 Å². The average Bonchev–Trinajstić information content (AvgIpc) is 3.27. The molecule has 0 radical (unpaired) electrons. The Morgan fingerprint density at radius 3 is 2.06 bits per heavy atom. The Bertz CT molecular complexity index is 882. The molecule has 3 rings (SSSR count). The van der Waals surface area contributed by atoms with E-state index in [4.69, 9.17) is 0 Å². The van der Waals surface area contributed by atoms with Crippen molar-refractivity contribution in [2.24, 2.45) is 0 Å². The molecule has 1 heterocycles. The number of esters is 1. The summed E-state index contributed by atoms with van der Waals surface area (Å²) in [6.45, 7) is 0.359. The normalized spacial score (nSPS) is 15.9. The highest BCUT2D eigenvalue weighted by Crippen LogP contribution is 2.31. The average molecular weight is 429 g/mol. The quantitative estimate of drug-likeness (QED) is 0.493. The van der Waals surface area contributed by atoms with E-state index >= 15 is 0 Å². The van der Waals surface area contributed by atoms with Gasteiger partial charge in [0.2, 0.25) is 0 Å². The van der Waals surface area contributed by atoms with Crippen molar-refractivity contribution in [2.75, 3.05) is 13.7 Å². The summed E-state index contributed by atoms with van der Waals surface area (Å²) >= 11 is 0. The van der Waals surface area contributed by atoms with Crippen molar-refractivity contribution in [1.29, 1.82) is 0 Å². The van der Waals surface area contributed by atoms with Crippen LogP contribution in [0.15, 0.2) is 48.5 Å². The minimum absolute atomic E-state index is 0.0910. The van der Waals surface area contributed by atoms with Crippen LogP contribution >= 0.6 is 0 Å². The van der Waals surface area contributed by atoms with Crippen LogP contribution in [-0.4, -0.2) is 42.3 Å². The van der Waals surface area contributed by atoms with Gasteiger partial charge in [-0.3, -0.25) is 9.59 Å². The Morgan fingerprint density at radius 1 is 1.00 bits per heavy atom. The lowest BCUT2D eigenvalue weighted by atomic mass is 9.86. The number of nitrogens with zero attached hydrogens (tertiary/aromatic N) is 1. The predicted octanol–water partition coefficient (Wildman–Crippen LogP) is 4.00. The molecule has 1 atom stereocenters. The first-order valence-electron chi connectivity index (χ1n) is 10.3. The van der Waals surface area contributed by atoms with E-state index in [1.165, 1.54) is 29.2 Å². The van der Waals surface area contributed by atoms with Crippen LogP contribution in [0.25, 0.3) is 0 Å². The zero-order chi connectivity index (χ0) is 22.4. The molecule has 2 aromatic rings. The lowest BCUT2D eigenvalue weighted by Gasteiger charge is -2.23. The Kier molecular flexibility index (Phi) is 7.50. The maximum absolute atomic E-state index is 13.4. The number of ether oxygens (including phenoxy) is 1. The van der Waals surface area contributed by atoms with Crippen molar-refractivity contribution in [3.63, 3.8) is 0 Å². The second-order valence-corrected chi connectivity index (χ2v) is 7.66. The number of Topliss-reactive ketones (excluding diaryl/α,β-unsaturated/α-hetero) is 1. The molecule has 1 saturated heterocycles. The van der Waals surface area contributed by atoms with Gasteiger partial charge in [0.05, 0.1) is 13.2 Å². The number of ketones is 1. The topological polar surface area (TPSA) is 63.7 Å². The lowest BCUT2D eigenvalue weighted by molar-refractivity contribution is -0.159. The van der Waals surface area contributed by atoms with Crippen molar-refractivity contribution >= 4 is 17.7 Å². The van der Waals surface area contributed by atoms with Gasteiger partial charge in [0.1, 0.15) is 11.6 Å². The zero-order valence-corrected chi connectivity index (χ0v) is 17.4. The molecular formula is C24H25F2NO4. The molecule has 1 aliphatic heterocycles. The smallest absolute Gasteiger partial charge is 0.396 e. The van der Waals surface area contributed by atoms with E-state index < -0.39 is 17.9 Å². The van der Waals surface area contributed by atoms with E-state index in [1.807, 2.05) is 0 Å². The van der Waals surface area contributed by atoms with Gasteiger partial charge in [-0.2, -0.15) is 0 Å². The largest absolute Gasteiger partial charge is 0.462 e. The molecular weight excluding hydrogens is 404 g/mol. The highest BCUT2D eigenvalue weighted by atomic mass is 19.1. The van der Waals surface area contributed by atoms with Gasteiger partial charge in [0.25, 0.3) is 0 Å². The molecule has 0 aromatic heterocycles. The van der Waals surface area contributed by atoms with E-state index in [9.17, 15) is 23.2 Å². The summed E-state index contributed by atoms with van der Waals surface area (Å²) in [5.74, 6) is -2.64. The summed E-state index contributed by atoms with van der Waals surface area (Å²) in [4.78, 5) is 37.8. The Hall–Kier alpha value is -3.09. The van der Waals surface area contributed by atoms with Crippen LogP contribution in [0.3, 0.4) is 0 Å².